The van der Waals surface area contributed by atoms with E-state index in [4.69, 9.17) is 4.74 Å². The third-order valence-electron chi connectivity index (χ3n) is 4.60. The maximum atomic E-state index is 10.8. The fourth-order valence-corrected chi connectivity index (χ4v) is 3.14. The highest BCUT2D eigenvalue weighted by Crippen LogP contribution is 2.33. The van der Waals surface area contributed by atoms with Crippen molar-refractivity contribution in [3.05, 3.63) is 29.8 Å². The third-order valence-corrected chi connectivity index (χ3v) is 4.60. The van der Waals surface area contributed by atoms with Crippen LogP contribution in [-0.4, -0.2) is 35.2 Å². The van der Waals surface area contributed by atoms with Crippen LogP contribution in [0.3, 0.4) is 0 Å². The van der Waals surface area contributed by atoms with Gasteiger partial charge in [0.1, 0.15) is 5.75 Å². The lowest BCUT2D eigenvalue weighted by molar-refractivity contribution is -0.0100. The molecule has 1 atom stereocenters. The number of hydrogen-bond acceptors (Lipinski definition) is 3. The van der Waals surface area contributed by atoms with Crippen LogP contribution in [-0.2, 0) is 0 Å². The molecule has 1 fully saturated rings. The number of likely N-dealkylation sites (tertiary alicyclic amines) is 1. The molecule has 0 bridgehead atoms. The van der Waals surface area contributed by atoms with Gasteiger partial charge in [0.05, 0.1) is 12.7 Å². The molecule has 1 heterocycles. The molecule has 0 amide bonds. The largest absolute Gasteiger partial charge is 0.494 e. The van der Waals surface area contributed by atoms with E-state index in [1.165, 1.54) is 25.7 Å². The van der Waals surface area contributed by atoms with E-state index >= 15 is 0 Å². The van der Waals surface area contributed by atoms with Gasteiger partial charge in [0, 0.05) is 5.54 Å². The molecule has 1 aliphatic rings. The highest BCUT2D eigenvalue weighted by atomic mass is 16.5. The zero-order valence-electron chi connectivity index (χ0n) is 13.6. The van der Waals surface area contributed by atoms with Gasteiger partial charge in [-0.15, -0.1) is 0 Å². The molecule has 3 heteroatoms. The summed E-state index contributed by atoms with van der Waals surface area (Å²) in [7, 11) is 0. The monoisotopic (exact) mass is 291 g/mol. The fraction of sp³-hybridized carbons (Fsp3) is 0.667. The van der Waals surface area contributed by atoms with Crippen LogP contribution in [0, 0.1) is 0 Å². The summed E-state index contributed by atoms with van der Waals surface area (Å²) in [5, 5.41) is 10.8. The van der Waals surface area contributed by atoms with Gasteiger partial charge >= 0.3 is 0 Å². The lowest BCUT2D eigenvalue weighted by atomic mass is 9.89. The van der Waals surface area contributed by atoms with Crippen LogP contribution < -0.4 is 4.74 Å². The lowest BCUT2D eigenvalue weighted by Gasteiger charge is -2.41. The minimum absolute atomic E-state index is 0.239. The zero-order chi connectivity index (χ0) is 15.3. The number of aliphatic hydroxyl groups excluding tert-OH is 1. The quantitative estimate of drug-likeness (QED) is 0.896. The third kappa shape index (κ3) is 3.98. The Hall–Kier alpha value is -1.06. The Morgan fingerprint density at radius 2 is 1.67 bits per heavy atom. The van der Waals surface area contributed by atoms with Gasteiger partial charge in [-0.05, 0) is 64.4 Å². The molecule has 1 aromatic rings. The molecule has 1 aliphatic heterocycles. The molecule has 1 unspecified atom stereocenters. The first-order valence-corrected chi connectivity index (χ1v) is 8.21. The van der Waals surface area contributed by atoms with Crippen molar-refractivity contribution in [2.24, 2.45) is 0 Å². The zero-order valence-corrected chi connectivity index (χ0v) is 13.6. The van der Waals surface area contributed by atoms with Crippen molar-refractivity contribution in [1.29, 1.82) is 0 Å². The molecular formula is C18H29NO2. The van der Waals surface area contributed by atoms with Gasteiger partial charge in [0.25, 0.3) is 0 Å². The average molecular weight is 291 g/mol. The Balaban J connectivity index is 2.10. The van der Waals surface area contributed by atoms with Crippen LogP contribution in [0.15, 0.2) is 24.3 Å². The van der Waals surface area contributed by atoms with Gasteiger partial charge < -0.3 is 9.84 Å². The van der Waals surface area contributed by atoms with E-state index in [-0.39, 0.29) is 5.54 Å². The lowest BCUT2D eigenvalue weighted by Crippen LogP contribution is -2.48. The van der Waals surface area contributed by atoms with Crippen molar-refractivity contribution >= 4 is 0 Å². The maximum Gasteiger partial charge on any atom is 0.119 e. The first kappa shape index (κ1) is 16.3. The van der Waals surface area contributed by atoms with Crippen molar-refractivity contribution in [2.75, 3.05) is 19.7 Å². The molecule has 3 nitrogen and oxygen atoms in total. The highest BCUT2D eigenvalue weighted by Gasteiger charge is 2.35. The number of ether oxygens (including phenoxy) is 1. The van der Waals surface area contributed by atoms with Gasteiger partial charge in [-0.2, -0.15) is 0 Å². The molecule has 0 saturated carbocycles. The number of nitrogens with zero attached hydrogens (tertiary/aromatic N) is 1. The van der Waals surface area contributed by atoms with Crippen molar-refractivity contribution < 1.29 is 9.84 Å². The minimum atomic E-state index is -0.480. The molecule has 0 radical (unpaired) electrons. The second-order valence-corrected chi connectivity index (χ2v) is 6.46. The molecule has 2 rings (SSSR count). The van der Waals surface area contributed by atoms with E-state index in [1.807, 2.05) is 31.2 Å². The van der Waals surface area contributed by atoms with Crippen LogP contribution in [0.4, 0.5) is 0 Å². The van der Waals surface area contributed by atoms with Crippen molar-refractivity contribution in [3.63, 3.8) is 0 Å². The Morgan fingerprint density at radius 1 is 1.10 bits per heavy atom. The Kier molecular flexibility index (Phi) is 5.65. The Morgan fingerprint density at radius 3 is 2.19 bits per heavy atom. The van der Waals surface area contributed by atoms with E-state index in [9.17, 15) is 5.11 Å². The van der Waals surface area contributed by atoms with E-state index in [1.54, 1.807) is 0 Å². The molecule has 0 spiro atoms. The maximum absolute atomic E-state index is 10.8. The number of benzene rings is 1. The van der Waals surface area contributed by atoms with Gasteiger partial charge in [0.15, 0.2) is 0 Å². The molecule has 0 aromatic heterocycles. The smallest absolute Gasteiger partial charge is 0.119 e. The summed E-state index contributed by atoms with van der Waals surface area (Å²) in [5.74, 6) is 0.862. The van der Waals surface area contributed by atoms with Crippen LogP contribution >= 0.6 is 0 Å². The summed E-state index contributed by atoms with van der Waals surface area (Å²) in [6.07, 6.45) is 4.61. The van der Waals surface area contributed by atoms with Gasteiger partial charge in [-0.1, -0.05) is 25.0 Å². The number of rotatable bonds is 5. The van der Waals surface area contributed by atoms with Crippen molar-refractivity contribution in [2.45, 2.75) is 58.1 Å². The first-order chi connectivity index (χ1) is 10.1. The van der Waals surface area contributed by atoms with Crippen LogP contribution in [0.25, 0.3) is 0 Å². The predicted molar refractivity (Wildman–Crippen MR) is 86.7 cm³/mol. The topological polar surface area (TPSA) is 32.7 Å². The van der Waals surface area contributed by atoms with E-state index < -0.39 is 6.10 Å². The number of hydrogen-bond donors (Lipinski definition) is 1. The second kappa shape index (κ2) is 7.28. The molecule has 1 aromatic carbocycles. The SMILES string of the molecule is CCOc1ccc(C(O)C(C)(C)N2CCCCCC2)cc1. The Labute approximate surface area is 128 Å². The summed E-state index contributed by atoms with van der Waals surface area (Å²) < 4.78 is 5.47. The van der Waals surface area contributed by atoms with Gasteiger partial charge in [-0.25, -0.2) is 0 Å². The molecule has 0 aliphatic carbocycles. The minimum Gasteiger partial charge on any atom is -0.494 e. The predicted octanol–water partition coefficient (Wildman–Crippen LogP) is 3.77. The fourth-order valence-electron chi connectivity index (χ4n) is 3.14. The summed E-state index contributed by atoms with van der Waals surface area (Å²) in [6.45, 7) is 9.12. The summed E-state index contributed by atoms with van der Waals surface area (Å²) in [4.78, 5) is 2.45. The van der Waals surface area contributed by atoms with Gasteiger partial charge in [-0.3, -0.25) is 4.90 Å². The summed E-state index contributed by atoms with van der Waals surface area (Å²) >= 11 is 0. The Bertz CT molecular complexity index is 419. The van der Waals surface area contributed by atoms with Crippen LogP contribution in [0.1, 0.15) is 58.1 Å². The summed E-state index contributed by atoms with van der Waals surface area (Å²) in [6, 6.07) is 7.85. The molecule has 1 N–H and O–H groups in total. The van der Waals surface area contributed by atoms with E-state index in [0.717, 1.165) is 24.4 Å². The van der Waals surface area contributed by atoms with Crippen molar-refractivity contribution in [1.82, 2.24) is 4.90 Å². The molecule has 21 heavy (non-hydrogen) atoms. The van der Waals surface area contributed by atoms with Crippen molar-refractivity contribution in [3.8, 4) is 5.75 Å². The molecular weight excluding hydrogens is 262 g/mol. The van der Waals surface area contributed by atoms with Gasteiger partial charge in [0.2, 0.25) is 0 Å². The summed E-state index contributed by atoms with van der Waals surface area (Å²) in [5.41, 5.74) is 0.727. The second-order valence-electron chi connectivity index (χ2n) is 6.46. The highest BCUT2D eigenvalue weighted by molar-refractivity contribution is 5.30. The molecule has 118 valence electrons. The van der Waals surface area contributed by atoms with E-state index in [0.29, 0.717) is 6.61 Å². The average Bonchev–Trinajstić information content (AvgIpc) is 2.77. The first-order valence-electron chi connectivity index (χ1n) is 8.21. The number of aliphatic hydroxyl groups is 1. The van der Waals surface area contributed by atoms with Crippen LogP contribution in [0.5, 0.6) is 5.75 Å². The molecule has 1 saturated heterocycles. The van der Waals surface area contributed by atoms with E-state index in [2.05, 4.69) is 18.7 Å². The van der Waals surface area contributed by atoms with Crippen LogP contribution in [0.2, 0.25) is 0 Å². The normalized spacial score (nSPS) is 19.0. The standard InChI is InChI=1S/C18H29NO2/c1-4-21-16-11-9-15(10-12-16)17(20)18(2,3)19-13-7-5-6-8-14-19/h9-12,17,20H,4-8,13-14H2,1-3H3.